The summed E-state index contributed by atoms with van der Waals surface area (Å²) in [6, 6.07) is 8.77. The highest BCUT2D eigenvalue weighted by atomic mass is 16.2. The number of hydrogen-bond donors (Lipinski definition) is 2. The van der Waals surface area contributed by atoms with Crippen molar-refractivity contribution in [2.24, 2.45) is 0 Å². The van der Waals surface area contributed by atoms with E-state index < -0.39 is 0 Å². The van der Waals surface area contributed by atoms with Gasteiger partial charge in [0.15, 0.2) is 0 Å². The van der Waals surface area contributed by atoms with E-state index in [0.717, 1.165) is 19.6 Å². The van der Waals surface area contributed by atoms with Crippen LogP contribution in [-0.4, -0.2) is 48.4 Å². The first-order valence-corrected chi connectivity index (χ1v) is 6.84. The molecule has 0 aliphatic carbocycles. The molecule has 0 aromatic heterocycles. The minimum absolute atomic E-state index is 0.0780. The molecule has 1 aliphatic heterocycles. The minimum Gasteiger partial charge on any atom is -0.314 e. The van der Waals surface area contributed by atoms with Crippen LogP contribution in [-0.2, 0) is 4.79 Å². The highest BCUT2D eigenvalue weighted by Crippen LogP contribution is 2.15. The predicted molar refractivity (Wildman–Crippen MR) is 77.4 cm³/mol. The first-order chi connectivity index (χ1) is 9.49. The number of carbonyl (C=O) groups is 2. The first kappa shape index (κ1) is 14.7. The van der Waals surface area contributed by atoms with Crippen molar-refractivity contribution >= 4 is 11.8 Å². The maximum absolute atomic E-state index is 12.0. The van der Waals surface area contributed by atoms with Gasteiger partial charge in [0, 0.05) is 30.7 Å². The lowest BCUT2D eigenvalue weighted by Gasteiger charge is -2.42. The summed E-state index contributed by atoms with van der Waals surface area (Å²) in [5.74, 6) is -0.600. The van der Waals surface area contributed by atoms with Gasteiger partial charge < -0.3 is 5.32 Å². The van der Waals surface area contributed by atoms with Crippen molar-refractivity contribution in [2.45, 2.75) is 19.4 Å². The van der Waals surface area contributed by atoms with E-state index in [4.69, 9.17) is 0 Å². The molecule has 2 rings (SSSR count). The molecule has 1 aromatic carbocycles. The van der Waals surface area contributed by atoms with Crippen molar-refractivity contribution in [1.82, 2.24) is 15.5 Å². The number of benzene rings is 1. The molecule has 0 saturated carbocycles. The van der Waals surface area contributed by atoms with Gasteiger partial charge in [-0.05, 0) is 26.0 Å². The van der Waals surface area contributed by atoms with E-state index >= 15 is 0 Å². The summed E-state index contributed by atoms with van der Waals surface area (Å²) in [6.07, 6.45) is 0. The molecule has 1 aliphatic rings. The molecular formula is C15H21N3O2. The zero-order chi connectivity index (χ0) is 14.6. The lowest BCUT2D eigenvalue weighted by molar-refractivity contribution is -0.123. The monoisotopic (exact) mass is 275 g/mol. The lowest BCUT2D eigenvalue weighted by Crippen LogP contribution is -2.60. The summed E-state index contributed by atoms with van der Waals surface area (Å²) >= 11 is 0. The number of imide groups is 1. The van der Waals surface area contributed by atoms with Gasteiger partial charge in [-0.2, -0.15) is 0 Å². The number of hydrogen-bond acceptors (Lipinski definition) is 4. The van der Waals surface area contributed by atoms with Crippen molar-refractivity contribution in [3.8, 4) is 0 Å². The summed E-state index contributed by atoms with van der Waals surface area (Å²) in [5, 5.41) is 5.75. The Morgan fingerprint density at radius 2 is 2.00 bits per heavy atom. The lowest BCUT2D eigenvalue weighted by atomic mass is 10.0. The van der Waals surface area contributed by atoms with Gasteiger partial charge in [-0.25, -0.2) is 0 Å². The second-order valence-corrected chi connectivity index (χ2v) is 5.65. The van der Waals surface area contributed by atoms with Gasteiger partial charge >= 0.3 is 0 Å². The quantitative estimate of drug-likeness (QED) is 0.849. The highest BCUT2D eigenvalue weighted by molar-refractivity contribution is 6.05. The maximum Gasteiger partial charge on any atom is 0.257 e. The Labute approximate surface area is 119 Å². The summed E-state index contributed by atoms with van der Waals surface area (Å²) in [4.78, 5) is 26.0. The molecule has 0 unspecified atom stereocenters. The van der Waals surface area contributed by atoms with Crippen LogP contribution in [0.15, 0.2) is 30.3 Å². The molecule has 0 atom stereocenters. The van der Waals surface area contributed by atoms with Crippen LogP contribution in [0.1, 0.15) is 24.2 Å². The van der Waals surface area contributed by atoms with Crippen molar-refractivity contribution in [3.63, 3.8) is 0 Å². The highest BCUT2D eigenvalue weighted by Gasteiger charge is 2.31. The van der Waals surface area contributed by atoms with Crippen LogP contribution in [0.3, 0.4) is 0 Å². The van der Waals surface area contributed by atoms with Crippen molar-refractivity contribution in [2.75, 3.05) is 26.2 Å². The Hall–Kier alpha value is -1.72. The number of rotatable bonds is 3. The fourth-order valence-corrected chi connectivity index (χ4v) is 2.32. The third-order valence-corrected chi connectivity index (χ3v) is 3.60. The summed E-state index contributed by atoms with van der Waals surface area (Å²) in [5.41, 5.74) is 0.422. The second-order valence-electron chi connectivity index (χ2n) is 5.65. The fourth-order valence-electron chi connectivity index (χ4n) is 2.32. The molecule has 2 N–H and O–H groups in total. The number of nitrogens with one attached hydrogen (secondary N) is 2. The standard InChI is InChI=1S/C15H21N3O2/c1-15(2)11-16-8-9-18(15)10-13(19)17-14(20)12-6-4-3-5-7-12/h3-7,16H,8-11H2,1-2H3,(H,17,19,20). The SMILES string of the molecule is CC1(C)CNCCN1CC(=O)NC(=O)c1ccccc1. The molecule has 1 aromatic rings. The molecule has 108 valence electrons. The third kappa shape index (κ3) is 3.65. The largest absolute Gasteiger partial charge is 0.314 e. The molecule has 1 heterocycles. The van der Waals surface area contributed by atoms with E-state index in [0.29, 0.717) is 5.56 Å². The van der Waals surface area contributed by atoms with Crippen LogP contribution >= 0.6 is 0 Å². The van der Waals surface area contributed by atoms with E-state index in [2.05, 4.69) is 29.4 Å². The molecule has 0 radical (unpaired) electrons. The van der Waals surface area contributed by atoms with Crippen LogP contribution in [0, 0.1) is 0 Å². The van der Waals surface area contributed by atoms with Gasteiger partial charge in [-0.15, -0.1) is 0 Å². The average molecular weight is 275 g/mol. The van der Waals surface area contributed by atoms with Gasteiger partial charge in [-0.3, -0.25) is 19.8 Å². The van der Waals surface area contributed by atoms with Crippen LogP contribution in [0.5, 0.6) is 0 Å². The van der Waals surface area contributed by atoms with E-state index in [9.17, 15) is 9.59 Å². The zero-order valence-electron chi connectivity index (χ0n) is 12.0. The predicted octanol–water partition coefficient (Wildman–Crippen LogP) is 0.627. The Bertz CT molecular complexity index is 485. The number of amides is 2. The van der Waals surface area contributed by atoms with Crippen LogP contribution in [0.25, 0.3) is 0 Å². The normalized spacial score (nSPS) is 18.5. The maximum atomic E-state index is 12.0. The molecule has 1 fully saturated rings. The molecular weight excluding hydrogens is 254 g/mol. The topological polar surface area (TPSA) is 61.4 Å². The Morgan fingerprint density at radius 1 is 1.30 bits per heavy atom. The minimum atomic E-state index is -0.344. The molecule has 1 saturated heterocycles. The van der Waals surface area contributed by atoms with Gasteiger partial charge in [0.1, 0.15) is 0 Å². The smallest absolute Gasteiger partial charge is 0.257 e. The number of nitrogens with zero attached hydrogens (tertiary/aromatic N) is 1. The first-order valence-electron chi connectivity index (χ1n) is 6.84. The Kier molecular flexibility index (Phi) is 4.52. The van der Waals surface area contributed by atoms with Crippen LogP contribution in [0.2, 0.25) is 0 Å². The van der Waals surface area contributed by atoms with Crippen molar-refractivity contribution in [1.29, 1.82) is 0 Å². The van der Waals surface area contributed by atoms with Gasteiger partial charge in [0.2, 0.25) is 5.91 Å². The zero-order valence-corrected chi connectivity index (χ0v) is 12.0. The second kappa shape index (κ2) is 6.15. The molecule has 20 heavy (non-hydrogen) atoms. The Morgan fingerprint density at radius 3 is 2.65 bits per heavy atom. The van der Waals surface area contributed by atoms with Gasteiger partial charge in [0.05, 0.1) is 6.54 Å². The Balaban J connectivity index is 1.91. The summed E-state index contributed by atoms with van der Waals surface area (Å²) in [6.45, 7) is 6.93. The third-order valence-electron chi connectivity index (χ3n) is 3.60. The summed E-state index contributed by atoms with van der Waals surface area (Å²) < 4.78 is 0. The molecule has 5 heteroatoms. The van der Waals surface area contributed by atoms with Gasteiger partial charge in [0.25, 0.3) is 5.91 Å². The number of carbonyl (C=O) groups excluding carboxylic acids is 2. The van der Waals surface area contributed by atoms with E-state index in [-0.39, 0.29) is 23.9 Å². The van der Waals surface area contributed by atoms with Crippen LogP contribution < -0.4 is 10.6 Å². The van der Waals surface area contributed by atoms with Crippen molar-refractivity contribution < 1.29 is 9.59 Å². The van der Waals surface area contributed by atoms with E-state index in [1.165, 1.54) is 0 Å². The van der Waals surface area contributed by atoms with Crippen molar-refractivity contribution in [3.05, 3.63) is 35.9 Å². The molecule has 2 amide bonds. The number of piperazine rings is 1. The van der Waals surface area contributed by atoms with E-state index in [1.54, 1.807) is 24.3 Å². The summed E-state index contributed by atoms with van der Waals surface area (Å²) in [7, 11) is 0. The van der Waals surface area contributed by atoms with E-state index in [1.807, 2.05) is 6.07 Å². The van der Waals surface area contributed by atoms with Gasteiger partial charge in [-0.1, -0.05) is 18.2 Å². The fraction of sp³-hybridized carbons (Fsp3) is 0.467. The molecule has 0 bridgehead atoms. The average Bonchev–Trinajstić information content (AvgIpc) is 2.42. The van der Waals surface area contributed by atoms with Crippen LogP contribution in [0.4, 0.5) is 0 Å². The molecule has 0 spiro atoms. The molecule has 5 nitrogen and oxygen atoms in total.